The van der Waals surface area contributed by atoms with Crippen LogP contribution in [0.4, 0.5) is 0 Å². The van der Waals surface area contributed by atoms with Crippen molar-refractivity contribution in [2.75, 3.05) is 0 Å². The molecule has 6 heteroatoms. The monoisotopic (exact) mass is 330 g/mol. The Morgan fingerprint density at radius 2 is 2.28 bits per heavy atom. The highest BCUT2D eigenvalue weighted by atomic mass is 79.9. The van der Waals surface area contributed by atoms with Crippen LogP contribution in [0.25, 0.3) is 0 Å². The zero-order valence-corrected chi connectivity index (χ0v) is 12.3. The standard InChI is InChI=1S/C12H15BrN2O2S/c1-2-3-9(11(14)18)15-12(17)8-5-4-7(13)6-10(8)16/h4-6,9,16H,2-3H2,1H3,(H2,14,18)(H,15,17). The van der Waals surface area contributed by atoms with Gasteiger partial charge >= 0.3 is 0 Å². The van der Waals surface area contributed by atoms with E-state index in [-0.39, 0.29) is 28.3 Å². The Bertz CT molecular complexity index is 465. The summed E-state index contributed by atoms with van der Waals surface area (Å²) in [4.78, 5) is 12.2. The average molecular weight is 331 g/mol. The molecule has 0 heterocycles. The fraction of sp³-hybridized carbons (Fsp3) is 0.333. The molecule has 0 bridgehead atoms. The van der Waals surface area contributed by atoms with Crippen molar-refractivity contribution in [3.05, 3.63) is 28.2 Å². The number of rotatable bonds is 5. The summed E-state index contributed by atoms with van der Waals surface area (Å²) in [6.45, 7) is 1.98. The number of halogens is 1. The first-order valence-electron chi connectivity index (χ1n) is 5.54. The number of thiocarbonyl (C=S) groups is 1. The molecule has 4 nitrogen and oxygen atoms in total. The van der Waals surface area contributed by atoms with Crippen LogP contribution < -0.4 is 11.1 Å². The average Bonchev–Trinajstić information content (AvgIpc) is 2.27. The Morgan fingerprint density at radius 1 is 1.61 bits per heavy atom. The molecule has 1 aromatic carbocycles. The Hall–Kier alpha value is -1.14. The Balaban J connectivity index is 2.83. The lowest BCUT2D eigenvalue weighted by molar-refractivity contribution is 0.0943. The van der Waals surface area contributed by atoms with E-state index in [0.29, 0.717) is 10.9 Å². The summed E-state index contributed by atoms with van der Waals surface area (Å²) in [5, 5.41) is 12.4. The molecule has 0 aliphatic rings. The zero-order chi connectivity index (χ0) is 13.7. The van der Waals surface area contributed by atoms with Crippen LogP contribution in [0, 0.1) is 0 Å². The van der Waals surface area contributed by atoms with Crippen molar-refractivity contribution in [3.8, 4) is 5.75 Å². The van der Waals surface area contributed by atoms with Crippen molar-refractivity contribution in [1.82, 2.24) is 5.32 Å². The summed E-state index contributed by atoms with van der Waals surface area (Å²) in [5.74, 6) is -0.466. The van der Waals surface area contributed by atoms with Crippen LogP contribution in [-0.4, -0.2) is 22.0 Å². The van der Waals surface area contributed by atoms with Gasteiger partial charge in [0.2, 0.25) is 0 Å². The third-order valence-corrected chi connectivity index (χ3v) is 3.21. The van der Waals surface area contributed by atoms with Crippen molar-refractivity contribution in [2.45, 2.75) is 25.8 Å². The first-order valence-corrected chi connectivity index (χ1v) is 6.74. The topological polar surface area (TPSA) is 75.3 Å². The number of amides is 1. The molecule has 4 N–H and O–H groups in total. The van der Waals surface area contributed by atoms with E-state index < -0.39 is 0 Å². The molecular formula is C12H15BrN2O2S. The van der Waals surface area contributed by atoms with Crippen molar-refractivity contribution < 1.29 is 9.90 Å². The van der Waals surface area contributed by atoms with Crippen molar-refractivity contribution in [3.63, 3.8) is 0 Å². The van der Waals surface area contributed by atoms with Crippen molar-refractivity contribution in [2.24, 2.45) is 5.73 Å². The van der Waals surface area contributed by atoms with Gasteiger partial charge in [-0.05, 0) is 24.6 Å². The molecule has 1 atom stereocenters. The molecular weight excluding hydrogens is 316 g/mol. The molecule has 0 aliphatic heterocycles. The predicted molar refractivity (Wildman–Crippen MR) is 78.8 cm³/mol. The summed E-state index contributed by atoms with van der Waals surface area (Å²) < 4.78 is 0.705. The van der Waals surface area contributed by atoms with Gasteiger partial charge in [0.25, 0.3) is 5.91 Å². The number of phenols is 1. The number of aromatic hydroxyl groups is 1. The third-order valence-electron chi connectivity index (χ3n) is 2.43. The van der Waals surface area contributed by atoms with Gasteiger partial charge in [0.1, 0.15) is 5.75 Å². The molecule has 0 fully saturated rings. The van der Waals surface area contributed by atoms with Gasteiger partial charge in [0.15, 0.2) is 0 Å². The van der Waals surface area contributed by atoms with Gasteiger partial charge < -0.3 is 16.2 Å². The lowest BCUT2D eigenvalue weighted by Crippen LogP contribution is -2.43. The van der Waals surface area contributed by atoms with Crippen LogP contribution in [0.2, 0.25) is 0 Å². The number of phenolic OH excluding ortho intramolecular Hbond substituents is 1. The minimum Gasteiger partial charge on any atom is -0.507 e. The predicted octanol–water partition coefficient (Wildman–Crippen LogP) is 2.34. The van der Waals surface area contributed by atoms with Crippen LogP contribution in [-0.2, 0) is 0 Å². The fourth-order valence-electron chi connectivity index (χ4n) is 1.51. The van der Waals surface area contributed by atoms with E-state index in [4.69, 9.17) is 18.0 Å². The number of benzene rings is 1. The Labute approximate surface area is 120 Å². The molecule has 1 aromatic rings. The number of carbonyl (C=O) groups is 1. The smallest absolute Gasteiger partial charge is 0.255 e. The van der Waals surface area contributed by atoms with Gasteiger partial charge in [-0.25, -0.2) is 0 Å². The minimum atomic E-state index is -0.383. The molecule has 98 valence electrons. The van der Waals surface area contributed by atoms with Crippen LogP contribution >= 0.6 is 28.1 Å². The summed E-state index contributed by atoms with van der Waals surface area (Å²) in [6, 6.07) is 4.34. The minimum absolute atomic E-state index is 0.0833. The van der Waals surface area contributed by atoms with Gasteiger partial charge in [0, 0.05) is 4.47 Å². The lowest BCUT2D eigenvalue weighted by atomic mass is 10.1. The highest BCUT2D eigenvalue weighted by Gasteiger charge is 2.17. The number of carbonyl (C=O) groups excluding carboxylic acids is 1. The maximum Gasteiger partial charge on any atom is 0.255 e. The van der Waals surface area contributed by atoms with E-state index in [1.807, 2.05) is 6.92 Å². The SMILES string of the molecule is CCCC(NC(=O)c1ccc(Br)cc1O)C(N)=S. The summed E-state index contributed by atoms with van der Waals surface area (Å²) in [5.41, 5.74) is 5.76. The molecule has 1 amide bonds. The summed E-state index contributed by atoms with van der Waals surface area (Å²) in [7, 11) is 0. The molecule has 18 heavy (non-hydrogen) atoms. The van der Waals surface area contributed by atoms with Gasteiger partial charge in [0.05, 0.1) is 16.6 Å². The normalized spacial score (nSPS) is 11.9. The Morgan fingerprint density at radius 3 is 2.78 bits per heavy atom. The molecule has 0 saturated heterocycles. The quantitative estimate of drug-likeness (QED) is 0.724. The fourth-order valence-corrected chi connectivity index (χ4v) is 2.03. The maximum absolute atomic E-state index is 12.0. The second-order valence-corrected chi connectivity index (χ2v) is 5.27. The summed E-state index contributed by atoms with van der Waals surface area (Å²) >= 11 is 8.11. The molecule has 1 rings (SSSR count). The first-order chi connectivity index (χ1) is 8.45. The summed E-state index contributed by atoms with van der Waals surface area (Å²) in [6.07, 6.45) is 1.53. The van der Waals surface area contributed by atoms with Gasteiger partial charge in [-0.2, -0.15) is 0 Å². The highest BCUT2D eigenvalue weighted by molar-refractivity contribution is 9.10. The van der Waals surface area contributed by atoms with Gasteiger partial charge in [-0.3, -0.25) is 4.79 Å². The molecule has 0 spiro atoms. The first kappa shape index (κ1) is 14.9. The molecule has 0 aliphatic carbocycles. The van der Waals surface area contributed by atoms with E-state index >= 15 is 0 Å². The van der Waals surface area contributed by atoms with E-state index in [2.05, 4.69) is 21.2 Å². The number of nitrogens with one attached hydrogen (secondary N) is 1. The van der Waals surface area contributed by atoms with Gasteiger partial charge in [-0.1, -0.05) is 41.5 Å². The highest BCUT2D eigenvalue weighted by Crippen LogP contribution is 2.22. The lowest BCUT2D eigenvalue weighted by Gasteiger charge is -2.17. The van der Waals surface area contributed by atoms with Gasteiger partial charge in [-0.15, -0.1) is 0 Å². The van der Waals surface area contributed by atoms with Crippen LogP contribution in [0.5, 0.6) is 5.75 Å². The maximum atomic E-state index is 12.0. The van der Waals surface area contributed by atoms with Crippen molar-refractivity contribution in [1.29, 1.82) is 0 Å². The van der Waals surface area contributed by atoms with Crippen LogP contribution in [0.3, 0.4) is 0 Å². The van der Waals surface area contributed by atoms with E-state index in [0.717, 1.165) is 6.42 Å². The number of hydrogen-bond donors (Lipinski definition) is 3. The zero-order valence-electron chi connectivity index (χ0n) is 9.94. The van der Waals surface area contributed by atoms with Crippen LogP contribution in [0.15, 0.2) is 22.7 Å². The molecule has 0 saturated carbocycles. The van der Waals surface area contributed by atoms with E-state index in [1.165, 1.54) is 12.1 Å². The third kappa shape index (κ3) is 3.96. The second kappa shape index (κ2) is 6.70. The number of nitrogens with two attached hydrogens (primary N) is 1. The van der Waals surface area contributed by atoms with E-state index in [9.17, 15) is 9.90 Å². The molecule has 1 unspecified atom stereocenters. The molecule has 0 radical (unpaired) electrons. The Kier molecular flexibility index (Phi) is 5.55. The number of hydrogen-bond acceptors (Lipinski definition) is 3. The van der Waals surface area contributed by atoms with E-state index in [1.54, 1.807) is 6.07 Å². The van der Waals surface area contributed by atoms with Crippen molar-refractivity contribution >= 4 is 39.0 Å². The van der Waals surface area contributed by atoms with Crippen LogP contribution in [0.1, 0.15) is 30.1 Å². The largest absolute Gasteiger partial charge is 0.507 e. The second-order valence-electron chi connectivity index (χ2n) is 3.88. The molecule has 0 aromatic heterocycles.